The largest absolute Gasteiger partial charge is 0.486 e. The van der Waals surface area contributed by atoms with Gasteiger partial charge in [-0.15, -0.1) is 0 Å². The van der Waals surface area contributed by atoms with Gasteiger partial charge in [0.25, 0.3) is 0 Å². The molecule has 0 aromatic heterocycles. The van der Waals surface area contributed by atoms with Crippen molar-refractivity contribution in [1.82, 2.24) is 4.90 Å². The molecule has 0 amide bonds. The molecule has 1 aliphatic carbocycles. The molecule has 0 spiro atoms. The summed E-state index contributed by atoms with van der Waals surface area (Å²) >= 11 is 0. The highest BCUT2D eigenvalue weighted by atomic mass is 16.6. The molecule has 1 aromatic carbocycles. The van der Waals surface area contributed by atoms with Crippen molar-refractivity contribution in [1.29, 1.82) is 0 Å². The van der Waals surface area contributed by atoms with Crippen molar-refractivity contribution >= 4 is 0 Å². The summed E-state index contributed by atoms with van der Waals surface area (Å²) in [5.74, 6) is 3.41. The van der Waals surface area contributed by atoms with Crippen molar-refractivity contribution < 1.29 is 9.47 Å². The fraction of sp³-hybridized carbons (Fsp3) is 0.625. The molecule has 1 heterocycles. The maximum atomic E-state index is 6.32. The van der Waals surface area contributed by atoms with Crippen LogP contribution in [-0.2, 0) is 0 Å². The highest BCUT2D eigenvalue weighted by Crippen LogP contribution is 2.38. The van der Waals surface area contributed by atoms with Gasteiger partial charge in [-0.25, -0.2) is 0 Å². The van der Waals surface area contributed by atoms with E-state index in [1.165, 1.54) is 6.42 Å². The monoisotopic (exact) mass is 276 g/mol. The molecule has 3 rings (SSSR count). The first-order valence-corrected chi connectivity index (χ1v) is 7.47. The van der Waals surface area contributed by atoms with E-state index in [0.717, 1.165) is 42.0 Å². The van der Waals surface area contributed by atoms with Gasteiger partial charge >= 0.3 is 0 Å². The van der Waals surface area contributed by atoms with Crippen molar-refractivity contribution in [2.24, 2.45) is 17.6 Å². The maximum absolute atomic E-state index is 6.32. The summed E-state index contributed by atoms with van der Waals surface area (Å²) in [6.45, 7) is 5.59. The zero-order chi connectivity index (χ0) is 14.1. The van der Waals surface area contributed by atoms with Crippen LogP contribution in [0.15, 0.2) is 18.2 Å². The van der Waals surface area contributed by atoms with Gasteiger partial charge in [-0.2, -0.15) is 0 Å². The molecule has 0 radical (unpaired) electrons. The van der Waals surface area contributed by atoms with E-state index in [-0.39, 0.29) is 6.04 Å². The molecule has 110 valence electrons. The van der Waals surface area contributed by atoms with Crippen LogP contribution in [0.2, 0.25) is 0 Å². The molecule has 0 bridgehead atoms. The molecule has 20 heavy (non-hydrogen) atoms. The Morgan fingerprint density at radius 3 is 2.70 bits per heavy atom. The predicted octanol–water partition coefficient (Wildman–Crippen LogP) is 2.05. The normalized spacial score (nSPS) is 25.6. The number of rotatable bonds is 5. The molecule has 0 saturated heterocycles. The summed E-state index contributed by atoms with van der Waals surface area (Å²) in [6, 6.07) is 6.05. The molecule has 2 N–H and O–H groups in total. The average Bonchev–Trinajstić information content (AvgIpc) is 3.13. The summed E-state index contributed by atoms with van der Waals surface area (Å²) in [4.78, 5) is 2.34. The van der Waals surface area contributed by atoms with Crippen molar-refractivity contribution in [3.63, 3.8) is 0 Å². The number of nitrogens with two attached hydrogens (primary N) is 1. The number of hydrogen-bond acceptors (Lipinski definition) is 4. The van der Waals surface area contributed by atoms with E-state index in [0.29, 0.717) is 13.2 Å². The van der Waals surface area contributed by atoms with E-state index in [1.54, 1.807) is 0 Å². The third-order valence-corrected chi connectivity index (χ3v) is 4.33. The third-order valence-electron chi connectivity index (χ3n) is 4.33. The van der Waals surface area contributed by atoms with E-state index >= 15 is 0 Å². The Kier molecular flexibility index (Phi) is 3.85. The number of benzene rings is 1. The highest BCUT2D eigenvalue weighted by molar-refractivity contribution is 5.44. The van der Waals surface area contributed by atoms with Crippen molar-refractivity contribution in [3.8, 4) is 11.5 Å². The molecule has 4 heteroatoms. The topological polar surface area (TPSA) is 47.7 Å². The lowest BCUT2D eigenvalue weighted by Gasteiger charge is -2.23. The minimum absolute atomic E-state index is 0.0184. The average molecular weight is 276 g/mol. The minimum atomic E-state index is 0.0184. The van der Waals surface area contributed by atoms with Crippen LogP contribution in [0.5, 0.6) is 11.5 Å². The Bertz CT molecular complexity index is 478. The van der Waals surface area contributed by atoms with Gasteiger partial charge in [0, 0.05) is 19.1 Å². The van der Waals surface area contributed by atoms with Crippen LogP contribution >= 0.6 is 0 Å². The second kappa shape index (κ2) is 5.62. The first-order valence-electron chi connectivity index (χ1n) is 7.47. The van der Waals surface area contributed by atoms with Crippen molar-refractivity contribution in [3.05, 3.63) is 23.8 Å². The molecule has 1 aliphatic heterocycles. The first kappa shape index (κ1) is 13.7. The van der Waals surface area contributed by atoms with Gasteiger partial charge in [0.15, 0.2) is 11.5 Å². The Morgan fingerprint density at radius 2 is 2.00 bits per heavy atom. The Morgan fingerprint density at radius 1 is 1.30 bits per heavy atom. The number of likely N-dealkylation sites (N-methyl/N-ethyl adjacent to an activating group) is 1. The summed E-state index contributed by atoms with van der Waals surface area (Å²) in [6.07, 6.45) is 1.36. The maximum Gasteiger partial charge on any atom is 0.161 e. The fourth-order valence-corrected chi connectivity index (χ4v) is 2.86. The zero-order valence-electron chi connectivity index (χ0n) is 12.3. The van der Waals surface area contributed by atoms with E-state index in [1.807, 2.05) is 18.2 Å². The minimum Gasteiger partial charge on any atom is -0.486 e. The van der Waals surface area contributed by atoms with Crippen LogP contribution in [0.4, 0.5) is 0 Å². The van der Waals surface area contributed by atoms with Crippen molar-refractivity contribution in [2.45, 2.75) is 19.4 Å². The van der Waals surface area contributed by atoms with Gasteiger partial charge in [0.05, 0.1) is 0 Å². The summed E-state index contributed by atoms with van der Waals surface area (Å²) in [5, 5.41) is 0. The molecule has 1 fully saturated rings. The van der Waals surface area contributed by atoms with Crippen LogP contribution < -0.4 is 15.2 Å². The quantitative estimate of drug-likeness (QED) is 0.894. The summed E-state index contributed by atoms with van der Waals surface area (Å²) in [5.41, 5.74) is 7.44. The number of hydrogen-bond donors (Lipinski definition) is 1. The molecule has 1 saturated carbocycles. The van der Waals surface area contributed by atoms with Gasteiger partial charge in [0.1, 0.15) is 13.2 Å². The van der Waals surface area contributed by atoms with E-state index in [9.17, 15) is 0 Å². The second-order valence-corrected chi connectivity index (χ2v) is 6.20. The van der Waals surface area contributed by atoms with Gasteiger partial charge in [-0.1, -0.05) is 13.0 Å². The summed E-state index contributed by atoms with van der Waals surface area (Å²) in [7, 11) is 2.16. The van der Waals surface area contributed by atoms with Gasteiger partial charge in [0.2, 0.25) is 0 Å². The molecule has 2 aliphatic rings. The standard InChI is InChI=1S/C16H24N2O2/c1-11-7-13(11)9-18(2)10-14(17)12-3-4-15-16(8-12)20-6-5-19-15/h3-4,8,11,13-14H,5-7,9-10,17H2,1-2H3. The van der Waals surface area contributed by atoms with Gasteiger partial charge in [-0.05, 0) is 43.0 Å². The molecule has 1 aromatic rings. The lowest BCUT2D eigenvalue weighted by molar-refractivity contribution is 0.171. The Labute approximate surface area is 120 Å². The molecular weight excluding hydrogens is 252 g/mol. The van der Waals surface area contributed by atoms with E-state index in [4.69, 9.17) is 15.2 Å². The predicted molar refractivity (Wildman–Crippen MR) is 79.1 cm³/mol. The first-order chi connectivity index (χ1) is 9.63. The van der Waals surface area contributed by atoms with E-state index in [2.05, 4.69) is 18.9 Å². The number of ether oxygens (including phenoxy) is 2. The lowest BCUT2D eigenvalue weighted by atomic mass is 10.1. The van der Waals surface area contributed by atoms with Crippen LogP contribution in [0, 0.1) is 11.8 Å². The smallest absolute Gasteiger partial charge is 0.161 e. The van der Waals surface area contributed by atoms with E-state index < -0.39 is 0 Å². The summed E-state index contributed by atoms with van der Waals surface area (Å²) < 4.78 is 11.1. The fourth-order valence-electron chi connectivity index (χ4n) is 2.86. The lowest BCUT2D eigenvalue weighted by Crippen LogP contribution is -2.31. The number of nitrogens with zero attached hydrogens (tertiary/aromatic N) is 1. The zero-order valence-corrected chi connectivity index (χ0v) is 12.3. The Hall–Kier alpha value is -1.26. The molecule has 4 nitrogen and oxygen atoms in total. The number of fused-ring (bicyclic) bond motifs is 1. The highest BCUT2D eigenvalue weighted by Gasteiger charge is 2.33. The van der Waals surface area contributed by atoms with Gasteiger partial charge in [-0.3, -0.25) is 0 Å². The van der Waals surface area contributed by atoms with Gasteiger partial charge < -0.3 is 20.1 Å². The third kappa shape index (κ3) is 3.07. The van der Waals surface area contributed by atoms with Crippen LogP contribution in [-0.4, -0.2) is 38.3 Å². The Balaban J connectivity index is 1.60. The van der Waals surface area contributed by atoms with Crippen molar-refractivity contribution in [2.75, 3.05) is 33.4 Å². The molecule has 3 atom stereocenters. The van der Waals surface area contributed by atoms with Crippen LogP contribution in [0.1, 0.15) is 24.9 Å². The van der Waals surface area contributed by atoms with Crippen LogP contribution in [0.3, 0.4) is 0 Å². The second-order valence-electron chi connectivity index (χ2n) is 6.20. The SMILES string of the molecule is CC1CC1CN(C)CC(N)c1ccc2c(c1)OCCO2. The molecular formula is C16H24N2O2. The van der Waals surface area contributed by atoms with Crippen LogP contribution in [0.25, 0.3) is 0 Å². The molecule has 3 unspecified atom stereocenters.